The van der Waals surface area contributed by atoms with Crippen molar-refractivity contribution in [1.29, 1.82) is 0 Å². The zero-order chi connectivity index (χ0) is 15.6. The minimum absolute atomic E-state index is 0.248. The van der Waals surface area contributed by atoms with Crippen molar-refractivity contribution in [3.8, 4) is 0 Å². The number of alkyl halides is 3. The number of hydrogen-bond acceptors (Lipinski definition) is 2. The fourth-order valence-electron chi connectivity index (χ4n) is 3.14. The Morgan fingerprint density at radius 3 is 2.38 bits per heavy atom. The smallest absolute Gasteiger partial charge is 0.323 e. The molecule has 3 unspecified atom stereocenters. The molecule has 0 aromatic heterocycles. The zero-order valence-electron chi connectivity index (χ0n) is 12.5. The molecule has 1 fully saturated rings. The second kappa shape index (κ2) is 6.36. The van der Waals surface area contributed by atoms with Gasteiger partial charge >= 0.3 is 6.18 Å². The predicted molar refractivity (Wildman–Crippen MR) is 77.9 cm³/mol. The Labute approximate surface area is 124 Å². The Morgan fingerprint density at radius 1 is 1.24 bits per heavy atom. The summed E-state index contributed by atoms with van der Waals surface area (Å²) in [6.45, 7) is 5.06. The molecule has 2 nitrogen and oxygen atoms in total. The molecule has 2 rings (SSSR count). The van der Waals surface area contributed by atoms with Gasteiger partial charge in [-0.05, 0) is 43.9 Å². The maximum absolute atomic E-state index is 12.6. The monoisotopic (exact) mass is 300 g/mol. The van der Waals surface area contributed by atoms with Crippen molar-refractivity contribution in [1.82, 2.24) is 4.90 Å². The van der Waals surface area contributed by atoms with Crippen molar-refractivity contribution >= 4 is 0 Å². The van der Waals surface area contributed by atoms with E-state index in [1.54, 1.807) is 0 Å². The van der Waals surface area contributed by atoms with Gasteiger partial charge in [0.2, 0.25) is 0 Å². The molecule has 1 aromatic carbocycles. The van der Waals surface area contributed by atoms with Gasteiger partial charge in [0.15, 0.2) is 0 Å². The number of nitrogens with zero attached hydrogens (tertiary/aromatic N) is 1. The van der Waals surface area contributed by atoms with Crippen molar-refractivity contribution in [2.45, 2.75) is 57.4 Å². The molecule has 21 heavy (non-hydrogen) atoms. The molecular weight excluding hydrogens is 277 g/mol. The average Bonchev–Trinajstić information content (AvgIpc) is 2.79. The Morgan fingerprint density at radius 2 is 1.86 bits per heavy atom. The first-order chi connectivity index (χ1) is 9.82. The number of halogens is 3. The summed E-state index contributed by atoms with van der Waals surface area (Å²) in [6.07, 6.45) is -0.862. The van der Waals surface area contributed by atoms with E-state index in [0.29, 0.717) is 18.6 Å². The summed E-state index contributed by atoms with van der Waals surface area (Å²) >= 11 is 0. The molecule has 1 saturated heterocycles. The second-order valence-electron chi connectivity index (χ2n) is 5.91. The number of benzene rings is 1. The van der Waals surface area contributed by atoms with Crippen LogP contribution in [0.1, 0.15) is 50.3 Å². The van der Waals surface area contributed by atoms with Crippen molar-refractivity contribution in [2.75, 3.05) is 6.54 Å². The molecule has 118 valence electrons. The van der Waals surface area contributed by atoms with Gasteiger partial charge in [0.25, 0.3) is 0 Å². The van der Waals surface area contributed by atoms with E-state index in [1.165, 1.54) is 18.6 Å². The van der Waals surface area contributed by atoms with Gasteiger partial charge in [-0.2, -0.15) is 13.2 Å². The highest BCUT2D eigenvalue weighted by Gasteiger charge is 2.32. The molecule has 0 amide bonds. The Hall–Kier alpha value is -1.07. The van der Waals surface area contributed by atoms with Crippen LogP contribution in [-0.4, -0.2) is 23.5 Å². The number of nitrogens with two attached hydrogens (primary N) is 1. The normalized spacial score (nSPS) is 25.2. The van der Waals surface area contributed by atoms with E-state index in [-0.39, 0.29) is 6.04 Å². The summed E-state index contributed by atoms with van der Waals surface area (Å²) in [7, 11) is 0. The first-order valence-corrected chi connectivity index (χ1v) is 7.51. The highest BCUT2D eigenvalue weighted by atomic mass is 19.4. The van der Waals surface area contributed by atoms with Gasteiger partial charge in [0.1, 0.15) is 0 Å². The van der Waals surface area contributed by atoms with Crippen LogP contribution in [0.15, 0.2) is 24.3 Å². The SMILES string of the molecule is CCC1CCC(C)N1CC(N)c1ccc(C(F)(F)F)cc1. The fourth-order valence-corrected chi connectivity index (χ4v) is 3.14. The van der Waals surface area contributed by atoms with Crippen LogP contribution in [0.2, 0.25) is 0 Å². The van der Waals surface area contributed by atoms with Gasteiger partial charge in [0, 0.05) is 24.7 Å². The minimum atomic E-state index is -4.29. The third-order valence-electron chi connectivity index (χ3n) is 4.50. The van der Waals surface area contributed by atoms with Gasteiger partial charge in [-0.1, -0.05) is 19.1 Å². The van der Waals surface area contributed by atoms with Crippen LogP contribution in [0.4, 0.5) is 13.2 Å². The molecule has 1 aliphatic rings. The summed E-state index contributed by atoms with van der Waals surface area (Å²) in [5, 5.41) is 0. The number of rotatable bonds is 4. The van der Waals surface area contributed by atoms with Crippen molar-refractivity contribution in [2.24, 2.45) is 5.73 Å². The van der Waals surface area contributed by atoms with Gasteiger partial charge in [-0.3, -0.25) is 4.90 Å². The lowest BCUT2D eigenvalue weighted by atomic mass is 10.0. The van der Waals surface area contributed by atoms with Gasteiger partial charge in [0.05, 0.1) is 5.56 Å². The van der Waals surface area contributed by atoms with Crippen molar-refractivity contribution in [3.05, 3.63) is 35.4 Å². The molecule has 0 spiro atoms. The van der Waals surface area contributed by atoms with Crippen LogP contribution >= 0.6 is 0 Å². The van der Waals surface area contributed by atoms with E-state index in [4.69, 9.17) is 5.73 Å². The molecule has 0 bridgehead atoms. The van der Waals surface area contributed by atoms with Gasteiger partial charge in [-0.25, -0.2) is 0 Å². The quantitative estimate of drug-likeness (QED) is 0.911. The lowest BCUT2D eigenvalue weighted by Crippen LogP contribution is -2.39. The summed E-state index contributed by atoms with van der Waals surface area (Å²) in [5.74, 6) is 0. The number of likely N-dealkylation sites (tertiary alicyclic amines) is 1. The van der Waals surface area contributed by atoms with Crippen LogP contribution in [0, 0.1) is 0 Å². The molecule has 2 N–H and O–H groups in total. The summed E-state index contributed by atoms with van der Waals surface area (Å²) in [4.78, 5) is 2.39. The van der Waals surface area contributed by atoms with Crippen LogP contribution in [0.25, 0.3) is 0 Å². The van der Waals surface area contributed by atoms with E-state index in [2.05, 4.69) is 18.7 Å². The Kier molecular flexibility index (Phi) is 4.94. The highest BCUT2D eigenvalue weighted by Crippen LogP contribution is 2.31. The third-order valence-corrected chi connectivity index (χ3v) is 4.50. The number of hydrogen-bond donors (Lipinski definition) is 1. The van der Waals surface area contributed by atoms with Crippen LogP contribution < -0.4 is 5.73 Å². The van der Waals surface area contributed by atoms with Gasteiger partial charge in [-0.15, -0.1) is 0 Å². The first kappa shape index (κ1) is 16.3. The Balaban J connectivity index is 2.04. The van der Waals surface area contributed by atoms with E-state index < -0.39 is 11.7 Å². The Bertz CT molecular complexity index is 456. The van der Waals surface area contributed by atoms with E-state index in [1.807, 2.05) is 0 Å². The molecular formula is C16H23F3N2. The topological polar surface area (TPSA) is 29.3 Å². The first-order valence-electron chi connectivity index (χ1n) is 7.51. The second-order valence-corrected chi connectivity index (χ2v) is 5.91. The highest BCUT2D eigenvalue weighted by molar-refractivity contribution is 5.26. The summed E-state index contributed by atoms with van der Waals surface area (Å²) in [6, 6.07) is 6.00. The summed E-state index contributed by atoms with van der Waals surface area (Å²) < 4.78 is 37.7. The lowest BCUT2D eigenvalue weighted by molar-refractivity contribution is -0.137. The fraction of sp³-hybridized carbons (Fsp3) is 0.625. The maximum atomic E-state index is 12.6. The standard InChI is InChI=1S/C16H23F3N2/c1-3-14-9-4-11(2)21(14)10-15(20)12-5-7-13(8-6-12)16(17,18)19/h5-8,11,14-15H,3-4,9-10,20H2,1-2H3. The molecule has 1 aliphatic heterocycles. The molecule has 0 saturated carbocycles. The molecule has 1 heterocycles. The predicted octanol–water partition coefficient (Wildman–Crippen LogP) is 3.97. The average molecular weight is 300 g/mol. The van der Waals surface area contributed by atoms with Gasteiger partial charge < -0.3 is 5.73 Å². The molecule has 5 heteroatoms. The molecule has 1 aromatic rings. The maximum Gasteiger partial charge on any atom is 0.416 e. The molecule has 0 radical (unpaired) electrons. The lowest BCUT2D eigenvalue weighted by Gasteiger charge is -2.30. The largest absolute Gasteiger partial charge is 0.416 e. The molecule has 0 aliphatic carbocycles. The van der Waals surface area contributed by atoms with Crippen molar-refractivity contribution < 1.29 is 13.2 Å². The van der Waals surface area contributed by atoms with E-state index >= 15 is 0 Å². The van der Waals surface area contributed by atoms with Crippen molar-refractivity contribution in [3.63, 3.8) is 0 Å². The van der Waals surface area contributed by atoms with Crippen LogP contribution in [0.3, 0.4) is 0 Å². The van der Waals surface area contributed by atoms with Crippen LogP contribution in [0.5, 0.6) is 0 Å². The zero-order valence-corrected chi connectivity index (χ0v) is 12.5. The van der Waals surface area contributed by atoms with E-state index in [9.17, 15) is 13.2 Å². The van der Waals surface area contributed by atoms with E-state index in [0.717, 1.165) is 30.5 Å². The summed E-state index contributed by atoms with van der Waals surface area (Å²) in [5.41, 5.74) is 6.33. The third kappa shape index (κ3) is 3.77. The minimum Gasteiger partial charge on any atom is -0.323 e. The van der Waals surface area contributed by atoms with Crippen LogP contribution in [-0.2, 0) is 6.18 Å². The molecule has 3 atom stereocenters.